The number of likely N-dealkylation sites (tertiary alicyclic amines) is 1. The van der Waals surface area contributed by atoms with E-state index >= 15 is 0 Å². The number of nitrogens with zero attached hydrogens (tertiary/aromatic N) is 1. The van der Waals surface area contributed by atoms with Gasteiger partial charge in [0, 0.05) is 81.9 Å². The van der Waals surface area contributed by atoms with Crippen LogP contribution in [0.1, 0.15) is 32.6 Å². The summed E-state index contributed by atoms with van der Waals surface area (Å²) in [6.07, 6.45) is 2.89. The number of aliphatic hydroxyl groups excluding tert-OH is 1. The first-order valence-corrected chi connectivity index (χ1v) is 12.6. The molecule has 1 heterocycles. The highest BCUT2D eigenvalue weighted by Gasteiger charge is 2.86. The summed E-state index contributed by atoms with van der Waals surface area (Å²) in [5.74, 6) is 0.310. The van der Waals surface area contributed by atoms with Gasteiger partial charge in [-0.25, -0.2) is 0 Å². The van der Waals surface area contributed by atoms with Gasteiger partial charge in [-0.1, -0.05) is 6.92 Å². The second-order valence-corrected chi connectivity index (χ2v) is 11.8. The van der Waals surface area contributed by atoms with Crippen LogP contribution in [0.15, 0.2) is 0 Å². The lowest BCUT2D eigenvalue weighted by atomic mass is 9.43. The number of hydrogen-bond donors (Lipinski definition) is 2. The van der Waals surface area contributed by atoms with Crippen LogP contribution in [-0.4, -0.2) is 99.3 Å². The maximum Gasteiger partial charge on any atom is 0.0796 e. The summed E-state index contributed by atoms with van der Waals surface area (Å²) in [6.45, 7) is 4.86. The third kappa shape index (κ3) is 2.19. The molecule has 2 N–H and O–H groups in total. The molecule has 1 aliphatic heterocycles. The minimum Gasteiger partial charge on any atom is -0.392 e. The molecule has 1 unspecified atom stereocenters. The van der Waals surface area contributed by atoms with E-state index in [4.69, 9.17) is 18.9 Å². The van der Waals surface area contributed by atoms with Crippen molar-refractivity contribution in [3.05, 3.63) is 0 Å². The molecule has 0 aromatic heterocycles. The summed E-state index contributed by atoms with van der Waals surface area (Å²) in [6, 6.07) is 0.186. The number of ether oxygens (including phenoxy) is 4. The summed E-state index contributed by atoms with van der Waals surface area (Å²) in [5.41, 5.74) is -1.18. The number of aliphatic hydroxyl groups is 2. The second-order valence-electron chi connectivity index (χ2n) is 11.8. The van der Waals surface area contributed by atoms with Crippen LogP contribution in [0, 0.1) is 40.4 Å². The van der Waals surface area contributed by atoms with Crippen molar-refractivity contribution in [3.63, 3.8) is 0 Å². The zero-order chi connectivity index (χ0) is 22.6. The molecule has 6 aliphatic rings. The van der Waals surface area contributed by atoms with Gasteiger partial charge in [-0.05, 0) is 31.7 Å². The zero-order valence-corrected chi connectivity index (χ0v) is 20.2. The largest absolute Gasteiger partial charge is 0.392 e. The first-order valence-electron chi connectivity index (χ1n) is 12.6. The van der Waals surface area contributed by atoms with E-state index in [9.17, 15) is 10.2 Å². The van der Waals surface area contributed by atoms with Crippen LogP contribution in [0.5, 0.6) is 0 Å². The quantitative estimate of drug-likeness (QED) is 0.627. The molecule has 1 saturated heterocycles. The number of fused-ring (bicyclic) bond motifs is 2. The van der Waals surface area contributed by atoms with Crippen molar-refractivity contribution < 1.29 is 29.2 Å². The lowest BCUT2D eigenvalue weighted by Gasteiger charge is -2.69. The van der Waals surface area contributed by atoms with Gasteiger partial charge in [0.2, 0.25) is 0 Å². The van der Waals surface area contributed by atoms with Gasteiger partial charge in [0.1, 0.15) is 0 Å². The van der Waals surface area contributed by atoms with Gasteiger partial charge in [0.15, 0.2) is 0 Å². The van der Waals surface area contributed by atoms with E-state index in [2.05, 4.69) is 11.8 Å². The molecule has 13 atom stereocenters. The molecule has 6 rings (SSSR count). The molecule has 5 saturated carbocycles. The van der Waals surface area contributed by atoms with Crippen molar-refractivity contribution in [2.45, 2.75) is 68.7 Å². The zero-order valence-electron chi connectivity index (χ0n) is 20.2. The molecule has 7 bridgehead atoms. The predicted octanol–water partition coefficient (Wildman–Crippen LogP) is 1.16. The minimum atomic E-state index is -0.999. The number of piperidine rings is 1. The normalized spacial score (nSPS) is 60.1. The molecule has 0 radical (unpaired) electrons. The number of methoxy groups -OCH3 is 4. The van der Waals surface area contributed by atoms with Crippen LogP contribution in [-0.2, 0) is 18.9 Å². The molecule has 5 aliphatic carbocycles. The molecule has 0 amide bonds. The van der Waals surface area contributed by atoms with E-state index in [0.29, 0.717) is 13.0 Å². The van der Waals surface area contributed by atoms with Crippen LogP contribution in [0.25, 0.3) is 0 Å². The van der Waals surface area contributed by atoms with Crippen LogP contribution in [0.3, 0.4) is 0 Å². The van der Waals surface area contributed by atoms with E-state index in [-0.39, 0.29) is 64.8 Å². The van der Waals surface area contributed by atoms with Gasteiger partial charge < -0.3 is 29.2 Å². The van der Waals surface area contributed by atoms with Gasteiger partial charge in [-0.15, -0.1) is 0 Å². The van der Waals surface area contributed by atoms with Gasteiger partial charge in [-0.2, -0.15) is 0 Å². The van der Waals surface area contributed by atoms with Gasteiger partial charge >= 0.3 is 0 Å². The molecule has 0 aromatic rings. The van der Waals surface area contributed by atoms with Gasteiger partial charge in [-0.3, -0.25) is 4.90 Å². The van der Waals surface area contributed by atoms with Crippen LogP contribution >= 0.6 is 0 Å². The first-order chi connectivity index (χ1) is 15.4. The fraction of sp³-hybridized carbons (Fsp3) is 1.00. The SMILES string of the molecule is CCN1C[C@@]2(COC)CC[C@@H](OC)[C@@]34C1[C@@H]([C@@H](OC)[C@@H]23)[C@]1(O)C[C@@H](OC)[C@@H]2C[C@H]4[C@H]1[C@@H]2O. The summed E-state index contributed by atoms with van der Waals surface area (Å²) in [5, 5.41) is 24.1. The highest BCUT2D eigenvalue weighted by atomic mass is 16.5. The summed E-state index contributed by atoms with van der Waals surface area (Å²) >= 11 is 0. The van der Waals surface area contributed by atoms with Crippen molar-refractivity contribution in [3.8, 4) is 0 Å². The van der Waals surface area contributed by atoms with Crippen LogP contribution in [0.4, 0.5) is 0 Å². The highest BCUT2D eigenvalue weighted by molar-refractivity contribution is 5.35. The van der Waals surface area contributed by atoms with E-state index in [0.717, 1.165) is 32.4 Å². The van der Waals surface area contributed by atoms with Gasteiger partial charge in [0.05, 0.1) is 36.6 Å². The summed E-state index contributed by atoms with van der Waals surface area (Å²) in [4.78, 5) is 2.62. The Balaban J connectivity index is 1.63. The molecule has 1 spiro atoms. The van der Waals surface area contributed by atoms with Crippen molar-refractivity contribution in [1.82, 2.24) is 4.90 Å². The number of hydrogen-bond acceptors (Lipinski definition) is 7. The van der Waals surface area contributed by atoms with E-state index in [1.54, 1.807) is 7.11 Å². The fourth-order valence-electron chi connectivity index (χ4n) is 11.0. The Labute approximate surface area is 191 Å². The minimum absolute atomic E-state index is 0.0234. The van der Waals surface area contributed by atoms with Crippen molar-refractivity contribution in [2.75, 3.05) is 48.1 Å². The van der Waals surface area contributed by atoms with E-state index < -0.39 is 11.7 Å². The summed E-state index contributed by atoms with van der Waals surface area (Å²) < 4.78 is 24.5. The molecule has 182 valence electrons. The Bertz CT molecular complexity index is 767. The lowest BCUT2D eigenvalue weighted by Crippen LogP contribution is -2.76. The van der Waals surface area contributed by atoms with Crippen LogP contribution in [0.2, 0.25) is 0 Å². The molecular weight excluding hydrogens is 410 g/mol. The first kappa shape index (κ1) is 22.2. The Kier molecular flexibility index (Phi) is 4.94. The standard InChI is InChI=1S/C25H41NO6/c1-6-26-11-23(12-29-2)8-7-16(31-4)25-14-9-13-15(30-3)10-24(28,17(14)19(13)27)18(22(25)26)20(32-5)21(23)25/h13-22,27-28H,6-12H2,1-5H3/t13-,14-,15+,16+,17-,18+,19+,20+,21-,22?,23+,24-,25+/m0/s1. The highest BCUT2D eigenvalue weighted by Crippen LogP contribution is 2.79. The molecule has 7 heteroatoms. The summed E-state index contributed by atoms with van der Waals surface area (Å²) in [7, 11) is 7.23. The third-order valence-corrected chi connectivity index (χ3v) is 11.4. The van der Waals surface area contributed by atoms with Crippen molar-refractivity contribution in [2.24, 2.45) is 40.4 Å². The van der Waals surface area contributed by atoms with Gasteiger partial charge in [0.25, 0.3) is 0 Å². The smallest absolute Gasteiger partial charge is 0.0796 e. The molecular formula is C25H41NO6. The van der Waals surface area contributed by atoms with E-state index in [1.165, 1.54) is 0 Å². The van der Waals surface area contributed by atoms with Crippen molar-refractivity contribution >= 4 is 0 Å². The fourth-order valence-corrected chi connectivity index (χ4v) is 11.0. The average Bonchev–Trinajstić information content (AvgIpc) is 3.19. The topological polar surface area (TPSA) is 80.6 Å². The van der Waals surface area contributed by atoms with Crippen LogP contribution < -0.4 is 0 Å². The lowest BCUT2D eigenvalue weighted by molar-refractivity contribution is -0.276. The molecule has 32 heavy (non-hydrogen) atoms. The molecule has 6 fully saturated rings. The predicted molar refractivity (Wildman–Crippen MR) is 117 cm³/mol. The Hall–Kier alpha value is -0.280. The number of rotatable bonds is 6. The van der Waals surface area contributed by atoms with Crippen molar-refractivity contribution in [1.29, 1.82) is 0 Å². The Morgan fingerprint density at radius 2 is 1.84 bits per heavy atom. The Morgan fingerprint density at radius 3 is 2.47 bits per heavy atom. The monoisotopic (exact) mass is 451 g/mol. The van der Waals surface area contributed by atoms with E-state index in [1.807, 2.05) is 21.3 Å². The maximum absolute atomic E-state index is 12.6. The maximum atomic E-state index is 12.6. The second kappa shape index (κ2) is 7.12. The molecule has 7 nitrogen and oxygen atoms in total. The third-order valence-electron chi connectivity index (χ3n) is 11.4. The average molecular weight is 452 g/mol. The molecule has 0 aromatic carbocycles. The Morgan fingerprint density at radius 1 is 1.06 bits per heavy atom.